The van der Waals surface area contributed by atoms with Crippen LogP contribution in [0.1, 0.15) is 30.5 Å². The summed E-state index contributed by atoms with van der Waals surface area (Å²) >= 11 is 6.01. The molecule has 1 atom stereocenters. The number of nitrogens with zero attached hydrogens (tertiary/aromatic N) is 2. The minimum Gasteiger partial charge on any atom is -0.484 e. The van der Waals surface area contributed by atoms with Crippen molar-refractivity contribution in [3.05, 3.63) is 58.6 Å². The van der Waals surface area contributed by atoms with Crippen molar-refractivity contribution in [2.24, 2.45) is 0 Å². The van der Waals surface area contributed by atoms with Crippen LogP contribution in [0.15, 0.2) is 42.5 Å². The third-order valence-electron chi connectivity index (χ3n) is 6.06. The lowest BCUT2D eigenvalue weighted by Crippen LogP contribution is -2.52. The molecule has 0 saturated carbocycles. The van der Waals surface area contributed by atoms with E-state index >= 15 is 0 Å². The Hall–Kier alpha value is -3.10. The van der Waals surface area contributed by atoms with Crippen molar-refractivity contribution in [2.45, 2.75) is 25.8 Å². The summed E-state index contributed by atoms with van der Waals surface area (Å²) in [5.41, 5.74) is 2.61. The summed E-state index contributed by atoms with van der Waals surface area (Å²) in [5.74, 6) is 0.199. The second-order valence-corrected chi connectivity index (χ2v) is 8.72. The summed E-state index contributed by atoms with van der Waals surface area (Å²) in [4.78, 5) is 40.7. The van der Waals surface area contributed by atoms with Crippen LogP contribution in [0.4, 0.5) is 5.69 Å². The Morgan fingerprint density at radius 2 is 1.79 bits per heavy atom. The lowest BCUT2D eigenvalue weighted by Gasteiger charge is -2.38. The van der Waals surface area contributed by atoms with Crippen LogP contribution in [0.2, 0.25) is 5.02 Å². The Morgan fingerprint density at radius 1 is 1.06 bits per heavy atom. The minimum absolute atomic E-state index is 0.0109. The number of benzene rings is 2. The maximum atomic E-state index is 12.7. The van der Waals surface area contributed by atoms with Crippen LogP contribution < -0.4 is 10.1 Å². The molecule has 0 aromatic heterocycles. The molecule has 4 rings (SSSR count). The van der Waals surface area contributed by atoms with Gasteiger partial charge in [-0.1, -0.05) is 23.7 Å². The zero-order valence-electron chi connectivity index (χ0n) is 19.1. The fourth-order valence-electron chi connectivity index (χ4n) is 4.28. The quantitative estimate of drug-likeness (QED) is 0.606. The van der Waals surface area contributed by atoms with Crippen molar-refractivity contribution in [3.8, 4) is 5.75 Å². The molecular formula is C25H28ClN3O5. The number of halogens is 1. The smallest absolute Gasteiger partial charge is 0.328 e. The van der Waals surface area contributed by atoms with Crippen molar-refractivity contribution in [1.29, 1.82) is 0 Å². The van der Waals surface area contributed by atoms with E-state index in [2.05, 4.69) is 5.32 Å². The van der Waals surface area contributed by atoms with Gasteiger partial charge in [0.15, 0.2) is 6.61 Å². The number of esters is 1. The number of rotatable bonds is 7. The first kappa shape index (κ1) is 24.0. The van der Waals surface area contributed by atoms with E-state index in [0.29, 0.717) is 56.4 Å². The average molecular weight is 486 g/mol. The number of carbonyl (C=O) groups is 3. The third-order valence-corrected chi connectivity index (χ3v) is 6.31. The second kappa shape index (κ2) is 10.9. The molecule has 0 aliphatic carbocycles. The highest BCUT2D eigenvalue weighted by atomic mass is 35.5. The van der Waals surface area contributed by atoms with Gasteiger partial charge >= 0.3 is 5.97 Å². The minimum atomic E-state index is -0.540. The van der Waals surface area contributed by atoms with Gasteiger partial charge in [-0.2, -0.15) is 0 Å². The second-order valence-electron chi connectivity index (χ2n) is 8.28. The monoisotopic (exact) mass is 485 g/mol. The highest BCUT2D eigenvalue weighted by Gasteiger charge is 2.32. The van der Waals surface area contributed by atoms with Gasteiger partial charge in [0, 0.05) is 43.3 Å². The van der Waals surface area contributed by atoms with Crippen molar-refractivity contribution >= 4 is 35.1 Å². The number of ether oxygens (including phenoxy) is 2. The molecule has 34 heavy (non-hydrogen) atoms. The van der Waals surface area contributed by atoms with E-state index in [4.69, 9.17) is 21.1 Å². The molecule has 8 nitrogen and oxygen atoms in total. The molecule has 1 N–H and O–H groups in total. The van der Waals surface area contributed by atoms with Gasteiger partial charge in [0.1, 0.15) is 11.8 Å². The van der Waals surface area contributed by atoms with Gasteiger partial charge in [0.2, 0.25) is 5.91 Å². The molecule has 2 aliphatic rings. The number of hydrogen-bond acceptors (Lipinski definition) is 6. The SMILES string of the molecule is CCOC(=O)C(c1ccc(Cl)cc1)N1CCN(C(=O)COc2ccc3c(c2)CCC(=O)N3)CC1. The van der Waals surface area contributed by atoms with Crippen LogP contribution in [-0.4, -0.2) is 67.0 Å². The van der Waals surface area contributed by atoms with Gasteiger partial charge in [0.25, 0.3) is 5.91 Å². The number of hydrogen-bond donors (Lipinski definition) is 1. The molecule has 0 bridgehead atoms. The molecule has 2 aromatic carbocycles. The molecule has 2 heterocycles. The number of fused-ring (bicyclic) bond motifs is 1. The van der Waals surface area contributed by atoms with Crippen molar-refractivity contribution < 1.29 is 23.9 Å². The maximum absolute atomic E-state index is 12.7. The van der Waals surface area contributed by atoms with Gasteiger partial charge < -0.3 is 19.7 Å². The largest absolute Gasteiger partial charge is 0.484 e. The summed E-state index contributed by atoms with van der Waals surface area (Å²) in [5, 5.41) is 3.44. The molecule has 1 fully saturated rings. The summed E-state index contributed by atoms with van der Waals surface area (Å²) in [6, 6.07) is 12.1. The Labute approximate surface area is 203 Å². The van der Waals surface area contributed by atoms with Crippen LogP contribution in [0.3, 0.4) is 0 Å². The van der Waals surface area contributed by atoms with Crippen molar-refractivity contribution in [2.75, 3.05) is 44.7 Å². The van der Waals surface area contributed by atoms with E-state index in [1.54, 1.807) is 36.1 Å². The zero-order chi connectivity index (χ0) is 24.1. The van der Waals surface area contributed by atoms with Gasteiger partial charge in [0.05, 0.1) is 6.61 Å². The summed E-state index contributed by atoms with van der Waals surface area (Å²) in [6.45, 7) is 4.07. The first-order valence-corrected chi connectivity index (χ1v) is 11.8. The van der Waals surface area contributed by atoms with E-state index in [9.17, 15) is 14.4 Å². The molecule has 180 valence electrons. The fourth-order valence-corrected chi connectivity index (χ4v) is 4.40. The highest BCUT2D eigenvalue weighted by molar-refractivity contribution is 6.30. The lowest BCUT2D eigenvalue weighted by atomic mass is 10.0. The zero-order valence-corrected chi connectivity index (χ0v) is 19.8. The van der Waals surface area contributed by atoms with Crippen LogP contribution in [-0.2, 0) is 25.5 Å². The number of carbonyl (C=O) groups excluding carboxylic acids is 3. The third kappa shape index (κ3) is 5.69. The Bertz CT molecular complexity index is 1050. The molecule has 2 aliphatic heterocycles. The molecule has 0 radical (unpaired) electrons. The predicted molar refractivity (Wildman–Crippen MR) is 128 cm³/mol. The molecular weight excluding hydrogens is 458 g/mol. The molecule has 0 spiro atoms. The number of piperazine rings is 1. The molecule has 2 aromatic rings. The average Bonchev–Trinajstić information content (AvgIpc) is 2.84. The predicted octanol–water partition coefficient (Wildman–Crippen LogP) is 3.05. The number of amides is 2. The molecule has 2 amide bonds. The van der Waals surface area contributed by atoms with Crippen LogP contribution in [0.5, 0.6) is 5.75 Å². The van der Waals surface area contributed by atoms with Gasteiger partial charge in [-0.25, -0.2) is 4.79 Å². The first-order chi connectivity index (χ1) is 16.4. The number of aryl methyl sites for hydroxylation is 1. The summed E-state index contributed by atoms with van der Waals surface area (Å²) in [7, 11) is 0. The first-order valence-electron chi connectivity index (χ1n) is 11.4. The summed E-state index contributed by atoms with van der Waals surface area (Å²) in [6.07, 6.45) is 1.10. The topological polar surface area (TPSA) is 88.2 Å². The number of nitrogens with one attached hydrogen (secondary N) is 1. The van der Waals surface area contributed by atoms with Crippen molar-refractivity contribution in [1.82, 2.24) is 9.80 Å². The fraction of sp³-hybridized carbons (Fsp3) is 0.400. The van der Waals surface area contributed by atoms with Crippen molar-refractivity contribution in [3.63, 3.8) is 0 Å². The molecule has 1 saturated heterocycles. The van der Waals surface area contributed by atoms with E-state index in [-0.39, 0.29) is 24.4 Å². The van der Waals surface area contributed by atoms with Gasteiger partial charge in [-0.3, -0.25) is 14.5 Å². The van der Waals surface area contributed by atoms with Crippen LogP contribution >= 0.6 is 11.6 Å². The maximum Gasteiger partial charge on any atom is 0.328 e. The van der Waals surface area contributed by atoms with Crippen LogP contribution in [0.25, 0.3) is 0 Å². The molecule has 9 heteroatoms. The number of anilines is 1. The van der Waals surface area contributed by atoms with Crippen LogP contribution in [0, 0.1) is 0 Å². The van der Waals surface area contributed by atoms with E-state index in [1.807, 2.05) is 23.1 Å². The lowest BCUT2D eigenvalue weighted by molar-refractivity contribution is -0.151. The van der Waals surface area contributed by atoms with E-state index in [1.165, 1.54) is 0 Å². The van der Waals surface area contributed by atoms with E-state index in [0.717, 1.165) is 16.8 Å². The Morgan fingerprint density at radius 3 is 2.50 bits per heavy atom. The normalized spacial score (nSPS) is 16.9. The molecule has 1 unspecified atom stereocenters. The standard InChI is InChI=1S/C25H28ClN3O5/c1-2-33-25(32)24(17-3-6-19(26)7-4-17)29-13-11-28(12-14-29)23(31)16-34-20-8-9-21-18(15-20)5-10-22(30)27-21/h3-4,6-9,15,24H,2,5,10-14,16H2,1H3,(H,27,30). The van der Waals surface area contributed by atoms with E-state index < -0.39 is 6.04 Å². The highest BCUT2D eigenvalue weighted by Crippen LogP contribution is 2.27. The van der Waals surface area contributed by atoms with Gasteiger partial charge in [-0.05, 0) is 54.8 Å². The Kier molecular flexibility index (Phi) is 7.70. The Balaban J connectivity index is 1.33. The summed E-state index contributed by atoms with van der Waals surface area (Å²) < 4.78 is 11.0. The van der Waals surface area contributed by atoms with Gasteiger partial charge in [-0.15, -0.1) is 0 Å².